The zero-order valence-corrected chi connectivity index (χ0v) is 16.3. The van der Waals surface area contributed by atoms with Crippen LogP contribution < -0.4 is 5.32 Å². The van der Waals surface area contributed by atoms with E-state index in [0.717, 1.165) is 22.0 Å². The van der Waals surface area contributed by atoms with Crippen molar-refractivity contribution >= 4 is 21.8 Å². The summed E-state index contributed by atoms with van der Waals surface area (Å²) in [6.07, 6.45) is 0.807. The maximum absolute atomic E-state index is 12.4. The van der Waals surface area contributed by atoms with Crippen molar-refractivity contribution in [1.29, 1.82) is 0 Å². The predicted octanol–water partition coefficient (Wildman–Crippen LogP) is 3.68. The molecule has 0 aliphatic heterocycles. The number of carbonyl (C=O) groups is 1. The van der Waals surface area contributed by atoms with E-state index >= 15 is 0 Å². The highest BCUT2D eigenvalue weighted by atomic mass is 79.9. The van der Waals surface area contributed by atoms with E-state index in [0.29, 0.717) is 5.82 Å². The highest BCUT2D eigenvalue weighted by Crippen LogP contribution is 2.24. The van der Waals surface area contributed by atoms with Gasteiger partial charge in [0.1, 0.15) is 6.54 Å². The molecule has 1 atom stereocenters. The van der Waals surface area contributed by atoms with Crippen LogP contribution in [0.1, 0.15) is 30.5 Å². The lowest BCUT2D eigenvalue weighted by Gasteiger charge is -2.17. The molecule has 3 aromatic rings. The van der Waals surface area contributed by atoms with Gasteiger partial charge in [0.2, 0.25) is 11.7 Å². The average molecular weight is 414 g/mol. The molecule has 7 heteroatoms. The summed E-state index contributed by atoms with van der Waals surface area (Å²) >= 11 is 3.47. The van der Waals surface area contributed by atoms with Gasteiger partial charge in [-0.1, -0.05) is 64.8 Å². The van der Waals surface area contributed by atoms with E-state index in [1.54, 1.807) is 0 Å². The number of hydrogen-bond donors (Lipinski definition) is 1. The summed E-state index contributed by atoms with van der Waals surface area (Å²) in [6, 6.07) is 15.8. The van der Waals surface area contributed by atoms with Crippen LogP contribution in [-0.2, 0) is 11.3 Å². The molecular formula is C19H20BrN5O. The Kier molecular flexibility index (Phi) is 5.78. The topological polar surface area (TPSA) is 72.7 Å². The number of tetrazole rings is 1. The fraction of sp³-hybridized carbons (Fsp3) is 0.263. The predicted molar refractivity (Wildman–Crippen MR) is 103 cm³/mol. The zero-order valence-electron chi connectivity index (χ0n) is 14.7. The Balaban J connectivity index is 1.66. The Bertz CT molecular complexity index is 891. The summed E-state index contributed by atoms with van der Waals surface area (Å²) in [4.78, 5) is 13.7. The number of amides is 1. The largest absolute Gasteiger partial charge is 0.348 e. The summed E-state index contributed by atoms with van der Waals surface area (Å²) in [5.41, 5.74) is 3.12. The molecule has 1 amide bonds. The van der Waals surface area contributed by atoms with E-state index in [-0.39, 0.29) is 18.5 Å². The van der Waals surface area contributed by atoms with E-state index in [4.69, 9.17) is 0 Å². The quantitative estimate of drug-likeness (QED) is 0.668. The summed E-state index contributed by atoms with van der Waals surface area (Å²) < 4.78 is 0.884. The summed E-state index contributed by atoms with van der Waals surface area (Å²) in [7, 11) is 0. The normalized spacial score (nSPS) is 12.0. The van der Waals surface area contributed by atoms with Gasteiger partial charge in [0.25, 0.3) is 0 Å². The Morgan fingerprint density at radius 2 is 1.92 bits per heavy atom. The van der Waals surface area contributed by atoms with Crippen LogP contribution in [0.4, 0.5) is 0 Å². The van der Waals surface area contributed by atoms with Crippen molar-refractivity contribution < 1.29 is 4.79 Å². The molecule has 26 heavy (non-hydrogen) atoms. The second kappa shape index (κ2) is 8.23. The van der Waals surface area contributed by atoms with Gasteiger partial charge < -0.3 is 5.32 Å². The third-order valence-electron chi connectivity index (χ3n) is 4.08. The molecule has 0 aliphatic rings. The van der Waals surface area contributed by atoms with Crippen molar-refractivity contribution in [3.8, 4) is 11.4 Å². The van der Waals surface area contributed by atoms with E-state index in [2.05, 4.69) is 36.7 Å². The molecule has 0 fully saturated rings. The molecule has 0 spiro atoms. The van der Waals surface area contributed by atoms with Gasteiger partial charge in [-0.2, -0.15) is 4.80 Å². The molecule has 6 nitrogen and oxygen atoms in total. The third-order valence-corrected chi connectivity index (χ3v) is 4.77. The number of hydrogen-bond acceptors (Lipinski definition) is 4. The fourth-order valence-electron chi connectivity index (χ4n) is 2.65. The zero-order chi connectivity index (χ0) is 18.5. The molecule has 0 unspecified atom stereocenters. The van der Waals surface area contributed by atoms with Gasteiger partial charge >= 0.3 is 0 Å². The van der Waals surface area contributed by atoms with Gasteiger partial charge in [0.15, 0.2) is 0 Å². The Hall–Kier alpha value is -2.54. The van der Waals surface area contributed by atoms with Crippen LogP contribution >= 0.6 is 15.9 Å². The summed E-state index contributed by atoms with van der Waals surface area (Å²) in [5.74, 6) is 0.337. The molecule has 1 aromatic heterocycles. The van der Waals surface area contributed by atoms with Gasteiger partial charge in [-0.3, -0.25) is 4.79 Å². The van der Waals surface area contributed by atoms with Crippen LogP contribution in [0.15, 0.2) is 53.0 Å². The SMILES string of the molecule is CC[C@H](NC(=O)Cn1nnc(-c2ccccc2Br)n1)c1ccc(C)cc1. The molecule has 0 bridgehead atoms. The number of aryl methyl sites for hydroxylation is 1. The molecular weight excluding hydrogens is 394 g/mol. The lowest BCUT2D eigenvalue weighted by molar-refractivity contribution is -0.122. The Morgan fingerprint density at radius 3 is 2.62 bits per heavy atom. The first-order valence-corrected chi connectivity index (χ1v) is 9.24. The minimum absolute atomic E-state index is 0.0276. The van der Waals surface area contributed by atoms with Crippen LogP contribution in [0, 0.1) is 6.92 Å². The molecule has 0 aliphatic carbocycles. The van der Waals surface area contributed by atoms with Gasteiger partial charge in [0, 0.05) is 10.0 Å². The first-order valence-electron chi connectivity index (χ1n) is 8.45. The molecule has 1 heterocycles. The number of rotatable bonds is 6. The van der Waals surface area contributed by atoms with Crippen molar-refractivity contribution in [1.82, 2.24) is 25.5 Å². The van der Waals surface area contributed by atoms with E-state index in [9.17, 15) is 4.79 Å². The molecule has 0 saturated carbocycles. The lowest BCUT2D eigenvalue weighted by Crippen LogP contribution is -2.32. The monoisotopic (exact) mass is 413 g/mol. The van der Waals surface area contributed by atoms with Crippen molar-refractivity contribution in [2.45, 2.75) is 32.9 Å². The summed E-state index contributed by atoms with van der Waals surface area (Å²) in [6.45, 7) is 4.12. The van der Waals surface area contributed by atoms with Gasteiger partial charge in [0.05, 0.1) is 6.04 Å². The second-order valence-corrected chi connectivity index (χ2v) is 6.92. The number of nitrogens with one attached hydrogen (secondary N) is 1. The van der Waals surface area contributed by atoms with E-state index in [1.807, 2.05) is 62.4 Å². The number of carbonyl (C=O) groups excluding carboxylic acids is 1. The van der Waals surface area contributed by atoms with Crippen LogP contribution in [0.2, 0.25) is 0 Å². The lowest BCUT2D eigenvalue weighted by atomic mass is 10.0. The van der Waals surface area contributed by atoms with Gasteiger partial charge in [-0.15, -0.1) is 10.2 Å². The number of nitrogens with zero attached hydrogens (tertiary/aromatic N) is 4. The number of halogens is 1. The van der Waals surface area contributed by atoms with E-state index < -0.39 is 0 Å². The van der Waals surface area contributed by atoms with Crippen molar-refractivity contribution in [2.24, 2.45) is 0 Å². The van der Waals surface area contributed by atoms with Crippen molar-refractivity contribution in [3.63, 3.8) is 0 Å². The summed E-state index contributed by atoms with van der Waals surface area (Å²) in [5, 5.41) is 15.4. The smallest absolute Gasteiger partial charge is 0.244 e. The standard InChI is InChI=1S/C19H20BrN5O/c1-3-17(14-10-8-13(2)9-11-14)21-18(26)12-25-23-19(22-24-25)15-6-4-5-7-16(15)20/h4-11,17H,3,12H2,1-2H3,(H,21,26)/t17-/m0/s1. The van der Waals surface area contributed by atoms with Crippen LogP contribution in [-0.4, -0.2) is 26.1 Å². The Labute approximate surface area is 160 Å². The van der Waals surface area contributed by atoms with Gasteiger partial charge in [-0.05, 0) is 36.3 Å². The fourth-order valence-corrected chi connectivity index (χ4v) is 3.11. The van der Waals surface area contributed by atoms with Crippen molar-refractivity contribution in [2.75, 3.05) is 0 Å². The van der Waals surface area contributed by atoms with Crippen molar-refractivity contribution in [3.05, 3.63) is 64.1 Å². The molecule has 0 saturated heterocycles. The first-order chi connectivity index (χ1) is 12.6. The average Bonchev–Trinajstić information content (AvgIpc) is 3.09. The van der Waals surface area contributed by atoms with Crippen LogP contribution in [0.5, 0.6) is 0 Å². The van der Waals surface area contributed by atoms with Gasteiger partial charge in [-0.25, -0.2) is 0 Å². The highest BCUT2D eigenvalue weighted by Gasteiger charge is 2.15. The third kappa shape index (κ3) is 4.35. The first kappa shape index (κ1) is 18.3. The maximum Gasteiger partial charge on any atom is 0.244 e. The second-order valence-electron chi connectivity index (χ2n) is 6.06. The highest BCUT2D eigenvalue weighted by molar-refractivity contribution is 9.10. The Morgan fingerprint density at radius 1 is 1.19 bits per heavy atom. The maximum atomic E-state index is 12.4. The molecule has 2 aromatic carbocycles. The molecule has 0 radical (unpaired) electrons. The van der Waals surface area contributed by atoms with E-state index in [1.165, 1.54) is 10.4 Å². The number of benzene rings is 2. The van der Waals surface area contributed by atoms with Crippen LogP contribution in [0.3, 0.4) is 0 Å². The molecule has 3 rings (SSSR count). The van der Waals surface area contributed by atoms with Crippen LogP contribution in [0.25, 0.3) is 11.4 Å². The minimum Gasteiger partial charge on any atom is -0.348 e. The minimum atomic E-state index is -0.145. The molecule has 1 N–H and O–H groups in total. The molecule has 134 valence electrons. The number of aromatic nitrogens is 4.